The summed E-state index contributed by atoms with van der Waals surface area (Å²) < 4.78 is 34.0. The molecule has 2 aromatic heterocycles. The average Bonchev–Trinajstić information content (AvgIpc) is 3.34. The predicted molar refractivity (Wildman–Crippen MR) is 121 cm³/mol. The summed E-state index contributed by atoms with van der Waals surface area (Å²) in [7, 11) is 0. The lowest BCUT2D eigenvalue weighted by molar-refractivity contribution is -0.117. The molecule has 3 aromatic rings. The lowest BCUT2D eigenvalue weighted by Crippen LogP contribution is -2.29. The predicted octanol–water partition coefficient (Wildman–Crippen LogP) is 5.41. The van der Waals surface area contributed by atoms with Crippen LogP contribution >= 0.6 is 0 Å². The lowest BCUT2D eigenvalue weighted by atomic mass is 10.0. The minimum absolute atomic E-state index is 0.109. The largest absolute Gasteiger partial charge is 0.442 e. The van der Waals surface area contributed by atoms with E-state index < -0.39 is 24.0 Å². The van der Waals surface area contributed by atoms with Crippen molar-refractivity contribution in [3.8, 4) is 5.69 Å². The number of nitrogens with zero attached hydrogens (tertiary/aromatic N) is 4. The summed E-state index contributed by atoms with van der Waals surface area (Å²) in [6, 6.07) is 7.59. The van der Waals surface area contributed by atoms with Gasteiger partial charge in [-0.05, 0) is 52.7 Å². The molecule has 0 saturated heterocycles. The van der Waals surface area contributed by atoms with Crippen molar-refractivity contribution in [3.63, 3.8) is 0 Å². The van der Waals surface area contributed by atoms with Gasteiger partial charge in [-0.25, -0.2) is 18.3 Å². The molecule has 0 spiro atoms. The van der Waals surface area contributed by atoms with E-state index in [4.69, 9.17) is 4.74 Å². The Balaban J connectivity index is 1.52. The van der Waals surface area contributed by atoms with Crippen LogP contribution in [0.15, 0.2) is 42.7 Å². The van der Waals surface area contributed by atoms with E-state index in [1.165, 1.54) is 29.1 Å². The number of ether oxygens (including phenoxy) is 1. The van der Waals surface area contributed by atoms with E-state index in [0.29, 0.717) is 11.3 Å². The zero-order chi connectivity index (χ0) is 24.6. The van der Waals surface area contributed by atoms with Gasteiger partial charge in [0.25, 0.3) is 6.43 Å². The lowest BCUT2D eigenvalue weighted by Gasteiger charge is -2.20. The van der Waals surface area contributed by atoms with Crippen molar-refractivity contribution >= 4 is 17.8 Å². The second kappa shape index (κ2) is 9.00. The maximum Gasteiger partial charge on any atom is 0.437 e. The third-order valence-corrected chi connectivity index (χ3v) is 5.42. The first-order valence-electron chi connectivity index (χ1n) is 11.1. The Morgan fingerprint density at radius 2 is 1.91 bits per heavy atom. The Bertz CT molecular complexity index is 1210. The first-order chi connectivity index (χ1) is 16.0. The van der Waals surface area contributed by atoms with Crippen LogP contribution in [-0.4, -0.2) is 37.2 Å². The number of amides is 1. The van der Waals surface area contributed by atoms with Gasteiger partial charge in [0.1, 0.15) is 11.4 Å². The molecule has 0 radical (unpaired) electrons. The molecule has 34 heavy (non-hydrogen) atoms. The molecule has 1 aliphatic carbocycles. The third kappa shape index (κ3) is 5.32. The third-order valence-electron chi connectivity index (χ3n) is 5.42. The highest BCUT2D eigenvalue weighted by Crippen LogP contribution is 2.40. The van der Waals surface area contributed by atoms with E-state index in [1.807, 2.05) is 0 Å². The van der Waals surface area contributed by atoms with Crippen LogP contribution in [-0.2, 0) is 9.53 Å². The van der Waals surface area contributed by atoms with E-state index in [9.17, 15) is 18.4 Å². The van der Waals surface area contributed by atoms with Gasteiger partial charge >= 0.3 is 6.09 Å². The molecule has 1 atom stereocenters. The number of rotatable bonds is 6. The second-order valence-electron chi connectivity index (χ2n) is 9.45. The number of alkyl halides is 2. The van der Waals surface area contributed by atoms with Crippen molar-refractivity contribution in [1.82, 2.24) is 19.6 Å². The zero-order valence-electron chi connectivity index (χ0n) is 19.5. The van der Waals surface area contributed by atoms with Crippen LogP contribution in [0, 0.1) is 0 Å². The number of benzene rings is 1. The number of carbonyl (C=O) groups is 2. The fourth-order valence-electron chi connectivity index (χ4n) is 3.40. The molecule has 1 aromatic carbocycles. The van der Waals surface area contributed by atoms with Gasteiger partial charge in [-0.2, -0.15) is 10.2 Å². The summed E-state index contributed by atoms with van der Waals surface area (Å²) in [4.78, 5) is 25.7. The molecule has 0 bridgehead atoms. The van der Waals surface area contributed by atoms with Crippen LogP contribution in [0.1, 0.15) is 75.6 Å². The van der Waals surface area contributed by atoms with Crippen LogP contribution in [0.4, 0.5) is 19.4 Å². The quantitative estimate of drug-likeness (QED) is 0.519. The Morgan fingerprint density at radius 3 is 2.56 bits per heavy atom. The molecule has 1 saturated carbocycles. The van der Waals surface area contributed by atoms with Gasteiger partial charge in [0.2, 0.25) is 5.91 Å². The first kappa shape index (κ1) is 23.6. The molecule has 180 valence electrons. The van der Waals surface area contributed by atoms with Crippen LogP contribution in [0.5, 0.6) is 0 Å². The summed E-state index contributed by atoms with van der Waals surface area (Å²) in [5, 5.41) is 11.4. The Hall–Kier alpha value is -3.56. The van der Waals surface area contributed by atoms with Gasteiger partial charge in [-0.1, -0.05) is 12.1 Å². The van der Waals surface area contributed by atoms with E-state index in [-0.39, 0.29) is 23.2 Å². The van der Waals surface area contributed by atoms with Crippen LogP contribution < -0.4 is 5.32 Å². The fourth-order valence-corrected chi connectivity index (χ4v) is 3.40. The minimum atomic E-state index is -2.59. The Kier molecular flexibility index (Phi) is 6.24. The van der Waals surface area contributed by atoms with Gasteiger partial charge in [-0.3, -0.25) is 4.79 Å². The molecule has 1 aliphatic rings. The molecule has 8 nitrogen and oxygen atoms in total. The highest BCUT2D eigenvalue weighted by atomic mass is 19.3. The number of carbonyl (C=O) groups excluding carboxylic acids is 2. The van der Waals surface area contributed by atoms with Crippen LogP contribution in [0.25, 0.3) is 5.69 Å². The van der Waals surface area contributed by atoms with Gasteiger partial charge < -0.3 is 10.1 Å². The molecule has 2 heterocycles. The first-order valence-corrected chi connectivity index (χ1v) is 11.1. The normalized spacial score (nSPS) is 14.8. The topological polar surface area (TPSA) is 91.0 Å². The second-order valence-corrected chi connectivity index (χ2v) is 9.45. The van der Waals surface area contributed by atoms with Crippen molar-refractivity contribution in [1.29, 1.82) is 0 Å². The highest BCUT2D eigenvalue weighted by molar-refractivity contribution is 5.96. The van der Waals surface area contributed by atoms with Crippen molar-refractivity contribution in [2.24, 2.45) is 0 Å². The highest BCUT2D eigenvalue weighted by Gasteiger charge is 2.31. The van der Waals surface area contributed by atoms with Crippen molar-refractivity contribution < 1.29 is 23.1 Å². The minimum Gasteiger partial charge on any atom is -0.442 e. The molecule has 1 amide bonds. The molecule has 4 rings (SSSR count). The molecular weight excluding hydrogens is 444 g/mol. The van der Waals surface area contributed by atoms with E-state index in [1.54, 1.807) is 46.0 Å². The van der Waals surface area contributed by atoms with Crippen molar-refractivity contribution in [3.05, 3.63) is 59.5 Å². The summed E-state index contributed by atoms with van der Waals surface area (Å²) >= 11 is 0. The van der Waals surface area contributed by atoms with Gasteiger partial charge in [0.05, 0.1) is 23.5 Å². The maximum atomic E-state index is 13.0. The number of halogens is 2. The van der Waals surface area contributed by atoms with Gasteiger partial charge in [-0.15, -0.1) is 4.68 Å². The van der Waals surface area contributed by atoms with E-state index in [0.717, 1.165) is 23.2 Å². The van der Waals surface area contributed by atoms with Crippen molar-refractivity contribution in [2.45, 2.75) is 64.4 Å². The molecule has 1 N–H and O–H groups in total. The number of hydrogen-bond donors (Lipinski definition) is 1. The summed E-state index contributed by atoms with van der Waals surface area (Å²) in [5.41, 5.74) is 0.968. The molecule has 0 aliphatic heterocycles. The van der Waals surface area contributed by atoms with Gasteiger partial charge in [0.15, 0.2) is 0 Å². The van der Waals surface area contributed by atoms with Gasteiger partial charge in [0, 0.05) is 29.3 Å². The van der Waals surface area contributed by atoms with Crippen molar-refractivity contribution in [2.75, 3.05) is 5.32 Å². The van der Waals surface area contributed by atoms with Crippen LogP contribution in [0.3, 0.4) is 0 Å². The number of anilines is 1. The average molecular weight is 472 g/mol. The maximum absolute atomic E-state index is 13.0. The molecular formula is C24H27F2N5O3. The van der Waals surface area contributed by atoms with Crippen LogP contribution in [0.2, 0.25) is 0 Å². The standard InChI is InChI=1S/C24H27F2N5O3/c1-14(17-12-27-30(13-17)18-7-5-6-16(10-18)21(25)26)22(32)28-20-11-19(15-8-9-15)29-31(20)23(33)34-24(2,3)4/h5-7,10-15,21H,8-9H2,1-4H3,(H,28,32). The summed E-state index contributed by atoms with van der Waals surface area (Å²) in [6.07, 6.45) is 1.85. The number of aromatic nitrogens is 4. The summed E-state index contributed by atoms with van der Waals surface area (Å²) in [6.45, 7) is 6.96. The molecule has 1 unspecified atom stereocenters. The Labute approximate surface area is 195 Å². The summed E-state index contributed by atoms with van der Waals surface area (Å²) in [5.74, 6) is -0.477. The zero-order valence-corrected chi connectivity index (χ0v) is 19.5. The van der Waals surface area contributed by atoms with E-state index in [2.05, 4.69) is 15.5 Å². The number of nitrogens with one attached hydrogen (secondary N) is 1. The SMILES string of the molecule is CC(C(=O)Nc1cc(C2CC2)nn1C(=O)OC(C)(C)C)c1cnn(-c2cccc(C(F)F)c2)c1. The molecule has 1 fully saturated rings. The number of hydrogen-bond acceptors (Lipinski definition) is 5. The fraction of sp³-hybridized carbons (Fsp3) is 0.417. The monoisotopic (exact) mass is 471 g/mol. The smallest absolute Gasteiger partial charge is 0.437 e. The molecule has 10 heteroatoms. The van der Waals surface area contributed by atoms with E-state index >= 15 is 0 Å². The Morgan fingerprint density at radius 1 is 1.18 bits per heavy atom.